The van der Waals surface area contributed by atoms with Crippen molar-refractivity contribution in [2.45, 2.75) is 116 Å². The minimum absolute atomic E-state index is 0.220. The van der Waals surface area contributed by atoms with Gasteiger partial charge in [0.1, 0.15) is 11.5 Å². The van der Waals surface area contributed by atoms with Crippen LogP contribution in [0.2, 0.25) is 0 Å². The first-order valence-electron chi connectivity index (χ1n) is 24.0. The standard InChI is InChI=1S/C56H72N4O4/c1-63-53-21-13-11-19-51(53)43-59-39-17-5-3-4-6-18-40-60(44-52-20-12-14-22-54(52)64-2)56(62)24-10-8-16-38-58-42-46-27-31-48(32-28-46)50-35-33-49(34-36-50)47-29-25-45(26-30-47)41-57-37-15-7-9-23-55(59)61/h11-14,19-22,25-36,57-58H,3-10,15-18,23-24,37-44H2,1-2H3. The van der Waals surface area contributed by atoms with Gasteiger partial charge in [-0.1, -0.05) is 148 Å². The van der Waals surface area contributed by atoms with Crippen molar-refractivity contribution in [3.63, 3.8) is 0 Å². The Morgan fingerprint density at radius 2 is 0.766 bits per heavy atom. The Morgan fingerprint density at radius 1 is 0.422 bits per heavy atom. The van der Waals surface area contributed by atoms with E-state index in [0.29, 0.717) is 25.9 Å². The molecule has 0 saturated heterocycles. The molecule has 0 fully saturated rings. The molecule has 0 spiro atoms. The van der Waals surface area contributed by atoms with E-state index in [4.69, 9.17) is 9.47 Å². The van der Waals surface area contributed by atoms with Gasteiger partial charge >= 0.3 is 0 Å². The van der Waals surface area contributed by atoms with Crippen LogP contribution >= 0.6 is 0 Å². The van der Waals surface area contributed by atoms with Crippen LogP contribution in [-0.4, -0.2) is 62.0 Å². The molecule has 5 aromatic carbocycles. The second-order valence-corrected chi connectivity index (χ2v) is 17.3. The highest BCUT2D eigenvalue weighted by atomic mass is 16.5. The number of nitrogens with zero attached hydrogens (tertiary/aromatic N) is 2. The highest BCUT2D eigenvalue weighted by Gasteiger charge is 2.18. The Balaban J connectivity index is 1.06. The molecule has 0 atom stereocenters. The molecule has 0 radical (unpaired) electrons. The van der Waals surface area contributed by atoms with Gasteiger partial charge in [0.25, 0.3) is 0 Å². The van der Waals surface area contributed by atoms with Crippen molar-refractivity contribution in [3.05, 3.63) is 144 Å². The van der Waals surface area contributed by atoms with E-state index >= 15 is 0 Å². The number of para-hydroxylation sites is 2. The zero-order chi connectivity index (χ0) is 44.6. The van der Waals surface area contributed by atoms with Gasteiger partial charge in [-0.25, -0.2) is 0 Å². The molecule has 340 valence electrons. The Kier molecular flexibility index (Phi) is 20.3. The molecule has 6 bridgehead atoms. The third-order valence-corrected chi connectivity index (χ3v) is 12.5. The maximum atomic E-state index is 13.7. The minimum atomic E-state index is 0.220. The van der Waals surface area contributed by atoms with E-state index in [0.717, 1.165) is 139 Å². The van der Waals surface area contributed by atoms with Gasteiger partial charge in [-0.15, -0.1) is 0 Å². The average molecular weight is 865 g/mol. The van der Waals surface area contributed by atoms with E-state index in [2.05, 4.69) is 95.6 Å². The number of hydrogen-bond acceptors (Lipinski definition) is 6. The van der Waals surface area contributed by atoms with Crippen molar-refractivity contribution in [2.24, 2.45) is 0 Å². The molecular weight excluding hydrogens is 793 g/mol. The molecule has 0 aromatic heterocycles. The quantitative estimate of drug-likeness (QED) is 0.177. The monoisotopic (exact) mass is 865 g/mol. The fraction of sp³-hybridized carbons (Fsp3) is 0.429. The second-order valence-electron chi connectivity index (χ2n) is 17.3. The number of hydrogen-bond donors (Lipinski definition) is 2. The van der Waals surface area contributed by atoms with E-state index in [-0.39, 0.29) is 11.8 Å². The highest BCUT2D eigenvalue weighted by molar-refractivity contribution is 5.77. The summed E-state index contributed by atoms with van der Waals surface area (Å²) in [5.74, 6) is 2.09. The number of amides is 2. The largest absolute Gasteiger partial charge is 0.496 e. The van der Waals surface area contributed by atoms with Crippen LogP contribution < -0.4 is 20.1 Å². The number of nitrogens with one attached hydrogen (secondary N) is 2. The molecule has 8 heteroatoms. The molecule has 4 heterocycles. The topological polar surface area (TPSA) is 83.1 Å². The number of carbonyl (C=O) groups is 2. The van der Waals surface area contributed by atoms with Crippen LogP contribution in [0.25, 0.3) is 22.3 Å². The van der Waals surface area contributed by atoms with E-state index in [1.807, 2.05) is 46.2 Å². The molecule has 64 heavy (non-hydrogen) atoms. The lowest BCUT2D eigenvalue weighted by atomic mass is 9.99. The van der Waals surface area contributed by atoms with Crippen LogP contribution in [0.5, 0.6) is 11.5 Å². The van der Waals surface area contributed by atoms with Gasteiger partial charge in [0.2, 0.25) is 11.8 Å². The molecule has 2 N–H and O–H groups in total. The predicted molar refractivity (Wildman–Crippen MR) is 262 cm³/mol. The first-order valence-corrected chi connectivity index (χ1v) is 24.0. The van der Waals surface area contributed by atoms with Crippen molar-refractivity contribution in [1.29, 1.82) is 0 Å². The van der Waals surface area contributed by atoms with Crippen molar-refractivity contribution in [3.8, 4) is 33.8 Å². The first kappa shape index (κ1) is 48.0. The number of methoxy groups -OCH3 is 2. The highest BCUT2D eigenvalue weighted by Crippen LogP contribution is 2.27. The fourth-order valence-electron chi connectivity index (χ4n) is 8.65. The molecule has 0 aliphatic carbocycles. The van der Waals surface area contributed by atoms with Crippen LogP contribution in [0.4, 0.5) is 0 Å². The summed E-state index contributed by atoms with van der Waals surface area (Å²) >= 11 is 0. The molecule has 0 unspecified atom stereocenters. The lowest BCUT2D eigenvalue weighted by Gasteiger charge is -2.24. The summed E-state index contributed by atoms with van der Waals surface area (Å²) in [5.41, 5.74) is 9.49. The number of ether oxygens (including phenoxy) is 2. The molecule has 5 aromatic rings. The summed E-state index contributed by atoms with van der Waals surface area (Å²) in [6.07, 6.45) is 13.3. The molecule has 2 amide bonds. The third-order valence-electron chi connectivity index (χ3n) is 12.5. The van der Waals surface area contributed by atoms with E-state index < -0.39 is 0 Å². The van der Waals surface area contributed by atoms with Crippen LogP contribution in [0, 0.1) is 0 Å². The lowest BCUT2D eigenvalue weighted by Crippen LogP contribution is -2.31. The van der Waals surface area contributed by atoms with Gasteiger partial charge in [-0.3, -0.25) is 9.59 Å². The SMILES string of the molecule is COc1ccccc1CN1CCCCCCCCN(Cc2ccccc2OC)C(=O)CCCCCNCc2ccc(cc2)-c2ccc(cc2)-c2ccc(cc2)CNCCCCCC1=O. The van der Waals surface area contributed by atoms with Crippen molar-refractivity contribution in [1.82, 2.24) is 20.4 Å². The van der Waals surface area contributed by atoms with Gasteiger partial charge in [0.15, 0.2) is 0 Å². The normalized spacial score (nSPS) is 16.6. The maximum absolute atomic E-state index is 13.7. The fourth-order valence-corrected chi connectivity index (χ4v) is 8.65. The van der Waals surface area contributed by atoms with Crippen molar-refractivity contribution in [2.75, 3.05) is 40.4 Å². The van der Waals surface area contributed by atoms with Crippen molar-refractivity contribution >= 4 is 11.8 Å². The Labute approximate surface area is 383 Å². The van der Waals surface area contributed by atoms with Gasteiger partial charge in [0.05, 0.1) is 14.2 Å². The van der Waals surface area contributed by atoms with Crippen LogP contribution in [0.1, 0.15) is 112 Å². The summed E-state index contributed by atoms with van der Waals surface area (Å²) in [6, 6.07) is 42.6. The zero-order valence-electron chi connectivity index (χ0n) is 38.6. The summed E-state index contributed by atoms with van der Waals surface area (Å²) in [5, 5.41) is 7.22. The number of carbonyl (C=O) groups excluding carboxylic acids is 2. The number of fused-ring (bicyclic) bond motifs is 3. The zero-order valence-corrected chi connectivity index (χ0v) is 38.6. The van der Waals surface area contributed by atoms with Crippen LogP contribution in [-0.2, 0) is 35.8 Å². The second kappa shape index (κ2) is 27.0. The van der Waals surface area contributed by atoms with Crippen molar-refractivity contribution < 1.29 is 19.1 Å². The van der Waals surface area contributed by atoms with E-state index in [1.165, 1.54) is 33.4 Å². The van der Waals surface area contributed by atoms with Crippen LogP contribution in [0.3, 0.4) is 0 Å². The molecule has 4 aliphatic rings. The Morgan fingerprint density at radius 3 is 1.16 bits per heavy atom. The van der Waals surface area contributed by atoms with Gasteiger partial charge in [-0.05, 0) is 97.1 Å². The Bertz CT molecular complexity index is 1970. The van der Waals surface area contributed by atoms with E-state index in [1.54, 1.807) is 14.2 Å². The number of benzene rings is 5. The lowest BCUT2D eigenvalue weighted by molar-refractivity contribution is -0.132. The minimum Gasteiger partial charge on any atom is -0.496 e. The van der Waals surface area contributed by atoms with Gasteiger partial charge in [-0.2, -0.15) is 0 Å². The van der Waals surface area contributed by atoms with E-state index in [9.17, 15) is 9.59 Å². The number of rotatable bonds is 6. The molecule has 0 saturated carbocycles. The van der Waals surface area contributed by atoms with Gasteiger partial charge < -0.3 is 29.9 Å². The molecule has 8 nitrogen and oxygen atoms in total. The Hall–Kier alpha value is -5.44. The molecular formula is C56H72N4O4. The summed E-state index contributed by atoms with van der Waals surface area (Å²) in [7, 11) is 3.39. The molecule has 9 rings (SSSR count). The predicted octanol–water partition coefficient (Wildman–Crippen LogP) is 11.7. The van der Waals surface area contributed by atoms with Crippen LogP contribution in [0.15, 0.2) is 121 Å². The molecule has 4 aliphatic heterocycles. The van der Waals surface area contributed by atoms with Gasteiger partial charge in [0, 0.05) is 63.2 Å². The summed E-state index contributed by atoms with van der Waals surface area (Å²) in [4.78, 5) is 31.4. The average Bonchev–Trinajstić information content (AvgIpc) is 3.33. The third kappa shape index (κ3) is 15.7. The summed E-state index contributed by atoms with van der Waals surface area (Å²) < 4.78 is 11.3. The maximum Gasteiger partial charge on any atom is 0.222 e. The smallest absolute Gasteiger partial charge is 0.222 e. The summed E-state index contributed by atoms with van der Waals surface area (Å²) in [6.45, 7) is 6.13. The first-order chi connectivity index (χ1) is 31.5.